The van der Waals surface area contributed by atoms with Crippen LogP contribution in [0.25, 0.3) is 0 Å². The minimum atomic E-state index is -0.539. The van der Waals surface area contributed by atoms with Crippen LogP contribution in [0.1, 0.15) is 22.7 Å². The first-order valence-electron chi connectivity index (χ1n) is 7.66. The molecule has 0 aliphatic heterocycles. The molecule has 126 valence electrons. The molecule has 1 heterocycles. The number of aryl methyl sites for hydroxylation is 1. The van der Waals surface area contributed by atoms with Crippen molar-refractivity contribution in [3.63, 3.8) is 0 Å². The van der Waals surface area contributed by atoms with Gasteiger partial charge in [-0.15, -0.1) is 0 Å². The summed E-state index contributed by atoms with van der Waals surface area (Å²) >= 11 is 0. The van der Waals surface area contributed by atoms with Gasteiger partial charge in [-0.25, -0.2) is 4.79 Å². The van der Waals surface area contributed by atoms with Crippen molar-refractivity contribution in [2.24, 2.45) is 0 Å². The highest BCUT2D eigenvalue weighted by molar-refractivity contribution is 5.80. The Morgan fingerprint density at radius 1 is 1.12 bits per heavy atom. The third-order valence-electron chi connectivity index (χ3n) is 3.58. The van der Waals surface area contributed by atoms with E-state index in [0.29, 0.717) is 6.54 Å². The number of ether oxygens (including phenoxy) is 1. The summed E-state index contributed by atoms with van der Waals surface area (Å²) in [5.41, 5.74) is 2.63. The molecule has 1 aromatic heterocycles. The van der Waals surface area contributed by atoms with Crippen LogP contribution in [0.5, 0.6) is 0 Å². The highest BCUT2D eigenvalue weighted by atomic mass is 16.5. The molecule has 1 atom stereocenters. The van der Waals surface area contributed by atoms with Gasteiger partial charge in [0.25, 0.3) is 0 Å². The topological polar surface area (TPSA) is 80.3 Å². The van der Waals surface area contributed by atoms with E-state index in [9.17, 15) is 9.59 Å². The number of carbonyl (C=O) groups excluding carboxylic acids is 2. The van der Waals surface area contributed by atoms with Gasteiger partial charge in [-0.2, -0.15) is 0 Å². The maximum atomic E-state index is 11.9. The number of carbonyl (C=O) groups is 2. The van der Waals surface area contributed by atoms with E-state index in [4.69, 9.17) is 4.74 Å². The molecule has 1 unspecified atom stereocenters. The van der Waals surface area contributed by atoms with Gasteiger partial charge in [-0.3, -0.25) is 9.78 Å². The summed E-state index contributed by atoms with van der Waals surface area (Å²) < 4.78 is 4.82. The zero-order valence-corrected chi connectivity index (χ0v) is 13.8. The summed E-state index contributed by atoms with van der Waals surface area (Å²) in [4.78, 5) is 28.0. The van der Waals surface area contributed by atoms with E-state index in [-0.39, 0.29) is 18.5 Å². The Balaban J connectivity index is 1.88. The fraction of sp³-hybridized carbons (Fsp3) is 0.278. The summed E-state index contributed by atoms with van der Waals surface area (Å²) in [5.74, 6) is -0.924. The van der Waals surface area contributed by atoms with Gasteiger partial charge in [0.1, 0.15) is 0 Å². The maximum Gasteiger partial charge on any atom is 0.315 e. The van der Waals surface area contributed by atoms with Crippen LogP contribution >= 0.6 is 0 Å². The van der Waals surface area contributed by atoms with Crippen LogP contribution in [0.2, 0.25) is 0 Å². The number of hydrogen-bond acceptors (Lipinski definition) is 4. The minimum absolute atomic E-state index is 0.161. The Kier molecular flexibility index (Phi) is 6.31. The number of urea groups is 1. The second-order valence-electron chi connectivity index (χ2n) is 5.36. The van der Waals surface area contributed by atoms with Crippen molar-refractivity contribution in [3.8, 4) is 0 Å². The number of pyridine rings is 1. The van der Waals surface area contributed by atoms with Crippen LogP contribution in [0.4, 0.5) is 4.79 Å². The third kappa shape index (κ3) is 5.08. The normalized spacial score (nSPS) is 11.4. The number of rotatable bonds is 6. The molecule has 0 spiro atoms. The number of nitrogens with zero attached hydrogens (tertiary/aromatic N) is 1. The Hall–Kier alpha value is -2.89. The van der Waals surface area contributed by atoms with Gasteiger partial charge >= 0.3 is 12.0 Å². The van der Waals surface area contributed by atoms with Crippen molar-refractivity contribution in [2.75, 3.05) is 13.7 Å². The van der Waals surface area contributed by atoms with Gasteiger partial charge < -0.3 is 15.4 Å². The van der Waals surface area contributed by atoms with Crippen LogP contribution in [0.15, 0.2) is 48.7 Å². The smallest absolute Gasteiger partial charge is 0.315 e. The number of benzene rings is 1. The zero-order chi connectivity index (χ0) is 17.4. The van der Waals surface area contributed by atoms with Gasteiger partial charge in [-0.05, 0) is 24.1 Å². The third-order valence-corrected chi connectivity index (χ3v) is 3.58. The Bertz CT molecular complexity index is 672. The number of aromatic nitrogens is 1. The lowest BCUT2D eigenvalue weighted by Gasteiger charge is -2.16. The lowest BCUT2D eigenvalue weighted by Crippen LogP contribution is -2.39. The first-order valence-corrected chi connectivity index (χ1v) is 7.66. The first-order chi connectivity index (χ1) is 11.6. The van der Waals surface area contributed by atoms with Gasteiger partial charge in [0.15, 0.2) is 0 Å². The van der Waals surface area contributed by atoms with E-state index in [1.807, 2.05) is 49.4 Å². The lowest BCUT2D eigenvalue weighted by molar-refractivity contribution is -0.142. The molecule has 2 N–H and O–H groups in total. The predicted octanol–water partition coefficient (Wildman–Crippen LogP) is 2.15. The molecular weight excluding hydrogens is 306 g/mol. The summed E-state index contributed by atoms with van der Waals surface area (Å²) in [6.45, 7) is 2.43. The largest absolute Gasteiger partial charge is 0.468 e. The van der Waals surface area contributed by atoms with Crippen molar-refractivity contribution >= 4 is 12.0 Å². The number of hydrogen-bond donors (Lipinski definition) is 2. The van der Waals surface area contributed by atoms with Crippen LogP contribution < -0.4 is 10.6 Å². The fourth-order valence-corrected chi connectivity index (χ4v) is 2.21. The molecule has 2 aromatic rings. The molecular formula is C18H21N3O3. The molecule has 0 saturated heterocycles. The maximum absolute atomic E-state index is 11.9. The van der Waals surface area contributed by atoms with Crippen LogP contribution in [0, 0.1) is 6.92 Å². The van der Waals surface area contributed by atoms with Crippen molar-refractivity contribution in [1.29, 1.82) is 0 Å². The van der Waals surface area contributed by atoms with Crippen molar-refractivity contribution < 1.29 is 14.3 Å². The predicted molar refractivity (Wildman–Crippen MR) is 90.4 cm³/mol. The Morgan fingerprint density at radius 3 is 2.50 bits per heavy atom. The fourth-order valence-electron chi connectivity index (χ4n) is 2.21. The van der Waals surface area contributed by atoms with E-state index < -0.39 is 5.92 Å². The number of methoxy groups -OCH3 is 1. The summed E-state index contributed by atoms with van der Waals surface area (Å²) in [5, 5.41) is 5.45. The second-order valence-corrected chi connectivity index (χ2v) is 5.36. The summed E-state index contributed by atoms with van der Waals surface area (Å²) in [6.07, 6.45) is 1.72. The van der Waals surface area contributed by atoms with Gasteiger partial charge in [0.2, 0.25) is 0 Å². The number of esters is 1. The van der Waals surface area contributed by atoms with Gasteiger partial charge in [0, 0.05) is 25.0 Å². The molecule has 24 heavy (non-hydrogen) atoms. The molecule has 0 fully saturated rings. The summed E-state index contributed by atoms with van der Waals surface area (Å²) in [7, 11) is 1.34. The van der Waals surface area contributed by atoms with E-state index >= 15 is 0 Å². The zero-order valence-electron chi connectivity index (χ0n) is 13.8. The van der Waals surface area contributed by atoms with E-state index in [1.165, 1.54) is 7.11 Å². The van der Waals surface area contributed by atoms with Crippen LogP contribution in [-0.2, 0) is 16.1 Å². The second kappa shape index (κ2) is 8.67. The molecule has 0 radical (unpaired) electrons. The molecule has 0 saturated carbocycles. The average Bonchev–Trinajstić information content (AvgIpc) is 2.62. The molecule has 0 aliphatic carbocycles. The minimum Gasteiger partial charge on any atom is -0.468 e. The molecule has 1 aromatic carbocycles. The van der Waals surface area contributed by atoms with Crippen LogP contribution in [0.3, 0.4) is 0 Å². The Morgan fingerprint density at radius 2 is 1.88 bits per heavy atom. The van der Waals surface area contributed by atoms with E-state index in [0.717, 1.165) is 16.8 Å². The van der Waals surface area contributed by atoms with Crippen molar-refractivity contribution in [1.82, 2.24) is 15.6 Å². The van der Waals surface area contributed by atoms with Gasteiger partial charge in [-0.1, -0.05) is 36.4 Å². The SMILES string of the molecule is COC(=O)C(CNC(=O)NCc1ccc(C)nc1)c1ccccc1. The summed E-state index contributed by atoms with van der Waals surface area (Å²) in [6, 6.07) is 12.7. The van der Waals surface area contributed by atoms with Gasteiger partial charge in [0.05, 0.1) is 13.0 Å². The first kappa shape index (κ1) is 17.5. The Labute approximate surface area is 141 Å². The molecule has 0 aliphatic rings. The highest BCUT2D eigenvalue weighted by Crippen LogP contribution is 2.16. The van der Waals surface area contributed by atoms with Crippen molar-refractivity contribution in [3.05, 3.63) is 65.5 Å². The quantitative estimate of drug-likeness (QED) is 0.797. The van der Waals surface area contributed by atoms with E-state index in [1.54, 1.807) is 6.20 Å². The molecule has 2 rings (SSSR count). The number of nitrogens with one attached hydrogen (secondary N) is 2. The highest BCUT2D eigenvalue weighted by Gasteiger charge is 2.21. The standard InChI is InChI=1S/C18H21N3O3/c1-13-8-9-14(10-19-13)11-20-18(23)21-12-16(17(22)24-2)15-6-4-3-5-7-15/h3-10,16H,11-12H2,1-2H3,(H2,20,21,23). The van der Waals surface area contributed by atoms with E-state index in [2.05, 4.69) is 15.6 Å². The molecule has 6 heteroatoms. The lowest BCUT2D eigenvalue weighted by atomic mass is 9.99. The van der Waals surface area contributed by atoms with Crippen molar-refractivity contribution in [2.45, 2.75) is 19.4 Å². The molecule has 6 nitrogen and oxygen atoms in total. The van der Waals surface area contributed by atoms with Crippen LogP contribution in [-0.4, -0.2) is 30.6 Å². The molecule has 2 amide bonds. The number of amides is 2. The average molecular weight is 327 g/mol. The monoisotopic (exact) mass is 327 g/mol. The molecule has 0 bridgehead atoms.